The van der Waals surface area contributed by atoms with E-state index < -0.39 is 0 Å². The molecular formula is C13H12ClN3O. The lowest BCUT2D eigenvalue weighted by atomic mass is 10.1. The van der Waals surface area contributed by atoms with Crippen molar-refractivity contribution in [1.29, 1.82) is 0 Å². The van der Waals surface area contributed by atoms with Gasteiger partial charge in [0, 0.05) is 11.8 Å². The summed E-state index contributed by atoms with van der Waals surface area (Å²) in [6.07, 6.45) is 2.16. The van der Waals surface area contributed by atoms with E-state index in [1.807, 2.05) is 37.3 Å². The van der Waals surface area contributed by atoms with E-state index in [1.165, 1.54) is 5.56 Å². The van der Waals surface area contributed by atoms with E-state index in [4.69, 9.17) is 11.6 Å². The Morgan fingerprint density at radius 3 is 2.61 bits per heavy atom. The third-order valence-corrected chi connectivity index (χ3v) is 2.88. The third-order valence-electron chi connectivity index (χ3n) is 2.50. The first-order chi connectivity index (χ1) is 8.72. The maximum atomic E-state index is 10.2. The van der Waals surface area contributed by atoms with Crippen molar-refractivity contribution in [2.75, 3.05) is 5.43 Å². The molecule has 0 aliphatic carbocycles. The molecule has 0 unspecified atom stereocenters. The van der Waals surface area contributed by atoms with Gasteiger partial charge >= 0.3 is 0 Å². The molecule has 1 amide bonds. The van der Waals surface area contributed by atoms with Crippen molar-refractivity contribution in [2.45, 2.75) is 6.92 Å². The number of hydrazine groups is 1. The summed E-state index contributed by atoms with van der Waals surface area (Å²) in [6, 6.07) is 9.85. The molecular weight excluding hydrogens is 250 g/mol. The van der Waals surface area contributed by atoms with Crippen LogP contribution < -0.4 is 10.9 Å². The molecule has 1 aromatic heterocycles. The molecule has 1 heterocycles. The van der Waals surface area contributed by atoms with Gasteiger partial charge in [-0.25, -0.2) is 4.98 Å². The van der Waals surface area contributed by atoms with Crippen LogP contribution in [0.4, 0.5) is 5.82 Å². The highest BCUT2D eigenvalue weighted by Gasteiger charge is 2.08. The number of rotatable bonds is 4. The highest BCUT2D eigenvalue weighted by molar-refractivity contribution is 6.35. The van der Waals surface area contributed by atoms with E-state index in [1.54, 1.807) is 6.20 Å². The van der Waals surface area contributed by atoms with Crippen LogP contribution in [0, 0.1) is 6.92 Å². The van der Waals surface area contributed by atoms with Crippen LogP contribution in [0.2, 0.25) is 5.02 Å². The molecule has 18 heavy (non-hydrogen) atoms. The van der Waals surface area contributed by atoms with Crippen LogP contribution in [0.5, 0.6) is 0 Å². The van der Waals surface area contributed by atoms with Crippen molar-refractivity contribution in [2.24, 2.45) is 0 Å². The molecule has 0 bridgehead atoms. The maximum absolute atomic E-state index is 10.2. The highest BCUT2D eigenvalue weighted by atomic mass is 35.5. The number of hydrogen-bond acceptors (Lipinski definition) is 3. The summed E-state index contributed by atoms with van der Waals surface area (Å²) in [6.45, 7) is 2.03. The van der Waals surface area contributed by atoms with Crippen LogP contribution in [0.15, 0.2) is 36.5 Å². The number of carbonyl (C=O) groups is 1. The Hall–Kier alpha value is -2.07. The largest absolute Gasteiger partial charge is 0.281 e. The minimum Gasteiger partial charge on any atom is -0.281 e. The number of aryl methyl sites for hydroxylation is 1. The maximum Gasteiger partial charge on any atom is 0.225 e. The predicted molar refractivity (Wildman–Crippen MR) is 72.2 cm³/mol. The lowest BCUT2D eigenvalue weighted by molar-refractivity contribution is -0.109. The molecule has 0 saturated carbocycles. The summed E-state index contributed by atoms with van der Waals surface area (Å²) in [4.78, 5) is 14.3. The van der Waals surface area contributed by atoms with E-state index >= 15 is 0 Å². The summed E-state index contributed by atoms with van der Waals surface area (Å²) in [7, 11) is 0. The zero-order valence-electron chi connectivity index (χ0n) is 9.77. The van der Waals surface area contributed by atoms with Crippen molar-refractivity contribution < 1.29 is 4.79 Å². The fourth-order valence-electron chi connectivity index (χ4n) is 1.58. The van der Waals surface area contributed by atoms with Gasteiger partial charge in [0.05, 0.1) is 5.02 Å². The second kappa shape index (κ2) is 5.51. The molecule has 0 saturated heterocycles. The van der Waals surface area contributed by atoms with Crippen molar-refractivity contribution in [3.05, 3.63) is 47.1 Å². The van der Waals surface area contributed by atoms with Crippen molar-refractivity contribution in [1.82, 2.24) is 10.4 Å². The number of benzene rings is 1. The smallest absolute Gasteiger partial charge is 0.225 e. The van der Waals surface area contributed by atoms with Gasteiger partial charge in [0.2, 0.25) is 6.41 Å². The van der Waals surface area contributed by atoms with Crippen LogP contribution in [0.3, 0.4) is 0 Å². The number of nitrogens with zero attached hydrogens (tertiary/aromatic N) is 1. The Balaban J connectivity index is 2.38. The van der Waals surface area contributed by atoms with Crippen LogP contribution in [-0.2, 0) is 4.79 Å². The average molecular weight is 262 g/mol. The molecule has 0 aliphatic rings. The van der Waals surface area contributed by atoms with Gasteiger partial charge in [-0.15, -0.1) is 0 Å². The van der Waals surface area contributed by atoms with E-state index in [2.05, 4.69) is 15.8 Å². The summed E-state index contributed by atoms with van der Waals surface area (Å²) in [5.41, 5.74) is 7.99. The molecule has 1 aromatic carbocycles. The Labute approximate surface area is 110 Å². The van der Waals surface area contributed by atoms with Gasteiger partial charge in [0.1, 0.15) is 0 Å². The molecule has 0 spiro atoms. The van der Waals surface area contributed by atoms with Crippen LogP contribution in [0.1, 0.15) is 5.56 Å². The van der Waals surface area contributed by atoms with E-state index in [-0.39, 0.29) is 0 Å². The fraction of sp³-hybridized carbons (Fsp3) is 0.0769. The van der Waals surface area contributed by atoms with Gasteiger partial charge in [0.25, 0.3) is 0 Å². The molecule has 2 aromatic rings. The molecule has 0 fully saturated rings. The van der Waals surface area contributed by atoms with Gasteiger partial charge in [-0.05, 0) is 18.6 Å². The van der Waals surface area contributed by atoms with Gasteiger partial charge in [-0.1, -0.05) is 41.4 Å². The molecule has 5 heteroatoms. The molecule has 0 aliphatic heterocycles. The van der Waals surface area contributed by atoms with E-state index in [0.29, 0.717) is 17.3 Å². The predicted octanol–water partition coefficient (Wildman–Crippen LogP) is 2.78. The van der Waals surface area contributed by atoms with Crippen molar-refractivity contribution in [3.63, 3.8) is 0 Å². The summed E-state index contributed by atoms with van der Waals surface area (Å²) in [5, 5.41) is 0.468. The van der Waals surface area contributed by atoms with Gasteiger partial charge in [-0.2, -0.15) is 0 Å². The number of aromatic nitrogens is 1. The van der Waals surface area contributed by atoms with E-state index in [0.717, 1.165) is 11.1 Å². The second-order valence-corrected chi connectivity index (χ2v) is 4.15. The Morgan fingerprint density at radius 1 is 1.22 bits per heavy atom. The van der Waals surface area contributed by atoms with Crippen LogP contribution >= 0.6 is 11.6 Å². The topological polar surface area (TPSA) is 54.0 Å². The van der Waals surface area contributed by atoms with Gasteiger partial charge < -0.3 is 0 Å². The minimum atomic E-state index is 0.418. The molecule has 2 N–H and O–H groups in total. The number of hydrogen-bond donors (Lipinski definition) is 2. The van der Waals surface area contributed by atoms with Gasteiger partial charge in [-0.3, -0.25) is 15.6 Å². The standard InChI is InChI=1S/C13H12ClN3O/c1-9-2-4-10(5-3-9)11-6-7-15-13(12(11)14)17-16-8-18/h2-8H,1H3,(H,15,17)(H,16,18). The zero-order chi connectivity index (χ0) is 13.0. The average Bonchev–Trinajstić information content (AvgIpc) is 2.39. The number of pyridine rings is 1. The minimum absolute atomic E-state index is 0.418. The fourth-order valence-corrected chi connectivity index (χ4v) is 1.85. The number of amides is 1. The summed E-state index contributed by atoms with van der Waals surface area (Å²) < 4.78 is 0. The Bertz CT molecular complexity index is 555. The summed E-state index contributed by atoms with van der Waals surface area (Å²) in [5.74, 6) is 0.418. The van der Waals surface area contributed by atoms with Crippen LogP contribution in [-0.4, -0.2) is 11.4 Å². The third kappa shape index (κ3) is 2.60. The highest BCUT2D eigenvalue weighted by Crippen LogP contribution is 2.31. The number of anilines is 1. The first-order valence-corrected chi connectivity index (χ1v) is 5.77. The number of halogens is 1. The lowest BCUT2D eigenvalue weighted by Gasteiger charge is -2.10. The molecule has 0 radical (unpaired) electrons. The molecule has 92 valence electrons. The van der Waals surface area contributed by atoms with Crippen LogP contribution in [0.25, 0.3) is 11.1 Å². The quantitative estimate of drug-likeness (QED) is 0.657. The summed E-state index contributed by atoms with van der Waals surface area (Å²) >= 11 is 6.24. The molecule has 4 nitrogen and oxygen atoms in total. The monoisotopic (exact) mass is 261 g/mol. The lowest BCUT2D eigenvalue weighted by Crippen LogP contribution is -2.20. The van der Waals surface area contributed by atoms with Crippen molar-refractivity contribution in [3.8, 4) is 11.1 Å². The number of nitrogens with one attached hydrogen (secondary N) is 2. The SMILES string of the molecule is Cc1ccc(-c2ccnc(NNC=O)c2Cl)cc1. The first-order valence-electron chi connectivity index (χ1n) is 5.39. The van der Waals surface area contributed by atoms with E-state index in [9.17, 15) is 4.79 Å². The normalized spacial score (nSPS) is 9.89. The second-order valence-electron chi connectivity index (χ2n) is 3.77. The van der Waals surface area contributed by atoms with Gasteiger partial charge in [0.15, 0.2) is 5.82 Å². The molecule has 2 rings (SSSR count). The first kappa shape index (κ1) is 12.4. The Kier molecular flexibility index (Phi) is 3.79. The number of carbonyl (C=O) groups excluding carboxylic acids is 1. The molecule has 0 atom stereocenters. The Morgan fingerprint density at radius 2 is 1.94 bits per heavy atom. The van der Waals surface area contributed by atoms with Crippen molar-refractivity contribution >= 4 is 23.8 Å². The zero-order valence-corrected chi connectivity index (χ0v) is 10.5.